The zero-order chi connectivity index (χ0) is 14.6. The van der Waals surface area contributed by atoms with Crippen LogP contribution in [-0.4, -0.2) is 11.6 Å². The standard InChI is InChI=1S/C15H11ClN2O2/c1-6-11(16)13(18)10-9(12(6)17)14(19)7-4-2-3-5-8(7)15(10)20/h2-5H,17-18H2,1H3. The van der Waals surface area contributed by atoms with E-state index in [4.69, 9.17) is 23.1 Å². The second-order valence-electron chi connectivity index (χ2n) is 4.72. The van der Waals surface area contributed by atoms with Crippen molar-refractivity contribution in [2.24, 2.45) is 0 Å². The summed E-state index contributed by atoms with van der Waals surface area (Å²) in [6.07, 6.45) is 0. The van der Waals surface area contributed by atoms with E-state index < -0.39 is 0 Å². The molecule has 20 heavy (non-hydrogen) atoms. The van der Waals surface area contributed by atoms with Crippen LogP contribution < -0.4 is 11.5 Å². The third kappa shape index (κ3) is 1.42. The number of carbonyl (C=O) groups excluding carboxylic acids is 2. The molecule has 4 nitrogen and oxygen atoms in total. The van der Waals surface area contributed by atoms with Crippen LogP contribution in [0.5, 0.6) is 0 Å². The van der Waals surface area contributed by atoms with Gasteiger partial charge in [0.15, 0.2) is 11.6 Å². The third-order valence-corrected chi connectivity index (χ3v) is 4.12. The Balaban J connectivity index is 2.46. The predicted molar refractivity (Wildman–Crippen MR) is 78.3 cm³/mol. The van der Waals surface area contributed by atoms with Gasteiger partial charge in [0, 0.05) is 16.8 Å². The maximum atomic E-state index is 12.6. The van der Waals surface area contributed by atoms with Gasteiger partial charge >= 0.3 is 0 Å². The van der Waals surface area contributed by atoms with Gasteiger partial charge in [-0.1, -0.05) is 35.9 Å². The molecule has 4 N–H and O–H groups in total. The van der Waals surface area contributed by atoms with Gasteiger partial charge in [0.2, 0.25) is 0 Å². The summed E-state index contributed by atoms with van der Waals surface area (Å²) in [7, 11) is 0. The van der Waals surface area contributed by atoms with Crippen molar-refractivity contribution in [3.8, 4) is 0 Å². The highest BCUT2D eigenvalue weighted by Crippen LogP contribution is 2.40. The van der Waals surface area contributed by atoms with Crippen LogP contribution in [0.25, 0.3) is 0 Å². The molecule has 0 atom stereocenters. The Morgan fingerprint density at radius 1 is 0.900 bits per heavy atom. The van der Waals surface area contributed by atoms with E-state index in [2.05, 4.69) is 0 Å². The number of ketones is 2. The number of hydrogen-bond acceptors (Lipinski definition) is 4. The first-order chi connectivity index (χ1) is 9.45. The number of hydrogen-bond donors (Lipinski definition) is 2. The van der Waals surface area contributed by atoms with Crippen LogP contribution >= 0.6 is 11.6 Å². The van der Waals surface area contributed by atoms with Crippen LogP contribution in [-0.2, 0) is 0 Å². The van der Waals surface area contributed by atoms with Gasteiger partial charge in [-0.2, -0.15) is 0 Å². The maximum Gasteiger partial charge on any atom is 0.196 e. The molecule has 0 aromatic heterocycles. The molecule has 0 aliphatic heterocycles. The molecule has 1 aliphatic rings. The molecule has 0 heterocycles. The lowest BCUT2D eigenvalue weighted by Crippen LogP contribution is -2.24. The Labute approximate surface area is 120 Å². The lowest BCUT2D eigenvalue weighted by Gasteiger charge is -2.22. The summed E-state index contributed by atoms with van der Waals surface area (Å²) in [4.78, 5) is 25.1. The summed E-state index contributed by atoms with van der Waals surface area (Å²) in [5.74, 6) is -0.611. The molecule has 0 radical (unpaired) electrons. The molecule has 3 rings (SSSR count). The Bertz CT molecular complexity index is 731. The second-order valence-corrected chi connectivity index (χ2v) is 5.10. The minimum absolute atomic E-state index is 0.112. The van der Waals surface area contributed by atoms with Gasteiger partial charge in [-0.05, 0) is 12.5 Å². The van der Waals surface area contributed by atoms with Crippen LogP contribution in [0.4, 0.5) is 11.4 Å². The first kappa shape index (κ1) is 12.7. The van der Waals surface area contributed by atoms with Gasteiger partial charge in [-0.3, -0.25) is 9.59 Å². The summed E-state index contributed by atoms with van der Waals surface area (Å²) >= 11 is 6.09. The van der Waals surface area contributed by atoms with Gasteiger partial charge in [0.05, 0.1) is 21.8 Å². The predicted octanol–water partition coefficient (Wildman–Crippen LogP) is 2.59. The van der Waals surface area contributed by atoms with Gasteiger partial charge in [0.25, 0.3) is 0 Å². The van der Waals surface area contributed by atoms with E-state index >= 15 is 0 Å². The van der Waals surface area contributed by atoms with Gasteiger partial charge in [-0.15, -0.1) is 0 Å². The number of halogens is 1. The van der Waals surface area contributed by atoms with Crippen molar-refractivity contribution >= 4 is 34.5 Å². The lowest BCUT2D eigenvalue weighted by molar-refractivity contribution is 0.0980. The first-order valence-electron chi connectivity index (χ1n) is 6.00. The van der Waals surface area contributed by atoms with Crippen LogP contribution in [0, 0.1) is 6.92 Å². The Morgan fingerprint density at radius 3 is 1.85 bits per heavy atom. The SMILES string of the molecule is Cc1c(N)c2c(c(N)c1Cl)C(=O)c1ccccc1C2=O. The number of nitrogen functional groups attached to an aromatic ring is 2. The van der Waals surface area contributed by atoms with Crippen LogP contribution in [0.2, 0.25) is 5.02 Å². The molecule has 0 saturated carbocycles. The molecular weight excluding hydrogens is 276 g/mol. The molecule has 0 spiro atoms. The molecular formula is C15H11ClN2O2. The Kier molecular flexibility index (Phi) is 2.59. The molecule has 0 saturated heterocycles. The van der Waals surface area contributed by atoms with Crippen molar-refractivity contribution in [2.45, 2.75) is 6.92 Å². The molecule has 0 fully saturated rings. The molecule has 0 unspecified atom stereocenters. The summed E-state index contributed by atoms with van der Waals surface area (Å²) in [5.41, 5.74) is 13.7. The second kappa shape index (κ2) is 4.08. The van der Waals surface area contributed by atoms with Crippen LogP contribution in [0.1, 0.15) is 37.4 Å². The third-order valence-electron chi connectivity index (χ3n) is 3.63. The molecule has 0 bridgehead atoms. The fraction of sp³-hybridized carbons (Fsp3) is 0.0667. The zero-order valence-electron chi connectivity index (χ0n) is 10.7. The Hall–Kier alpha value is -2.33. The number of anilines is 2. The highest BCUT2D eigenvalue weighted by atomic mass is 35.5. The molecule has 2 aromatic carbocycles. The highest BCUT2D eigenvalue weighted by Gasteiger charge is 2.34. The van der Waals surface area contributed by atoms with Crippen molar-refractivity contribution in [3.63, 3.8) is 0 Å². The van der Waals surface area contributed by atoms with Crippen molar-refractivity contribution < 1.29 is 9.59 Å². The minimum Gasteiger partial charge on any atom is -0.398 e. The number of fused-ring (bicyclic) bond motifs is 2. The fourth-order valence-corrected chi connectivity index (χ4v) is 2.70. The van der Waals surface area contributed by atoms with E-state index in [0.717, 1.165) is 0 Å². The van der Waals surface area contributed by atoms with E-state index in [-0.39, 0.29) is 39.1 Å². The van der Waals surface area contributed by atoms with Crippen molar-refractivity contribution in [3.05, 3.63) is 57.1 Å². The largest absolute Gasteiger partial charge is 0.398 e. The van der Waals surface area contributed by atoms with Gasteiger partial charge < -0.3 is 11.5 Å². The zero-order valence-corrected chi connectivity index (χ0v) is 11.4. The average molecular weight is 287 g/mol. The number of nitrogens with two attached hydrogens (primary N) is 2. The van der Waals surface area contributed by atoms with Gasteiger partial charge in [-0.25, -0.2) is 0 Å². The monoisotopic (exact) mass is 286 g/mol. The normalized spacial score (nSPS) is 13.1. The average Bonchev–Trinajstić information content (AvgIpc) is 2.46. The molecule has 100 valence electrons. The Morgan fingerprint density at radius 2 is 1.35 bits per heavy atom. The van der Waals surface area contributed by atoms with Crippen molar-refractivity contribution in [1.82, 2.24) is 0 Å². The summed E-state index contributed by atoms with van der Waals surface area (Å²) in [5, 5.41) is 0.224. The van der Waals surface area contributed by atoms with Crippen LogP contribution in [0.15, 0.2) is 24.3 Å². The molecule has 1 aliphatic carbocycles. The van der Waals surface area contributed by atoms with E-state index in [9.17, 15) is 9.59 Å². The van der Waals surface area contributed by atoms with E-state index in [1.54, 1.807) is 31.2 Å². The number of carbonyl (C=O) groups is 2. The number of benzene rings is 2. The van der Waals surface area contributed by atoms with Crippen LogP contribution in [0.3, 0.4) is 0 Å². The smallest absolute Gasteiger partial charge is 0.196 e. The summed E-state index contributed by atoms with van der Waals surface area (Å²) in [6, 6.07) is 6.61. The van der Waals surface area contributed by atoms with Crippen molar-refractivity contribution in [1.29, 1.82) is 0 Å². The van der Waals surface area contributed by atoms with Gasteiger partial charge in [0.1, 0.15) is 0 Å². The maximum absolute atomic E-state index is 12.6. The molecule has 5 heteroatoms. The minimum atomic E-state index is -0.318. The molecule has 2 aromatic rings. The van der Waals surface area contributed by atoms with Crippen molar-refractivity contribution in [2.75, 3.05) is 11.5 Å². The summed E-state index contributed by atoms with van der Waals surface area (Å²) in [6.45, 7) is 1.67. The highest BCUT2D eigenvalue weighted by molar-refractivity contribution is 6.39. The number of rotatable bonds is 0. The summed E-state index contributed by atoms with van der Waals surface area (Å²) < 4.78 is 0. The lowest BCUT2D eigenvalue weighted by atomic mass is 9.81. The van der Waals surface area contributed by atoms with E-state index in [1.165, 1.54) is 0 Å². The van der Waals surface area contributed by atoms with E-state index in [1.807, 2.05) is 0 Å². The fourth-order valence-electron chi connectivity index (χ4n) is 2.51. The van der Waals surface area contributed by atoms with E-state index in [0.29, 0.717) is 16.7 Å². The quantitative estimate of drug-likeness (QED) is 0.622. The molecule has 0 amide bonds. The topological polar surface area (TPSA) is 86.2 Å². The first-order valence-corrected chi connectivity index (χ1v) is 6.38.